The number of halogens is 1. The molecule has 5 heterocycles. The Morgan fingerprint density at radius 1 is 1.28 bits per heavy atom. The van der Waals surface area contributed by atoms with Gasteiger partial charge in [-0.1, -0.05) is 11.6 Å². The summed E-state index contributed by atoms with van der Waals surface area (Å²) in [6.45, 7) is 3.00. The number of pyridine rings is 1. The summed E-state index contributed by atoms with van der Waals surface area (Å²) >= 11 is 6.21. The predicted octanol–water partition coefficient (Wildman–Crippen LogP) is 2.90. The van der Waals surface area contributed by atoms with E-state index < -0.39 is 0 Å². The van der Waals surface area contributed by atoms with Gasteiger partial charge in [0.2, 0.25) is 11.8 Å². The van der Waals surface area contributed by atoms with Gasteiger partial charge in [0.1, 0.15) is 11.4 Å². The maximum absolute atomic E-state index is 6.21. The zero-order valence-electron chi connectivity index (χ0n) is 15.8. The summed E-state index contributed by atoms with van der Waals surface area (Å²) < 4.78 is 14.9. The fourth-order valence-electron chi connectivity index (χ4n) is 3.29. The number of nitrogens with zero attached hydrogens (tertiary/aromatic N) is 7. The Morgan fingerprint density at radius 3 is 3.03 bits per heavy atom. The van der Waals surface area contributed by atoms with Gasteiger partial charge in [0, 0.05) is 25.4 Å². The van der Waals surface area contributed by atoms with Crippen LogP contribution < -0.4 is 14.8 Å². The first-order chi connectivity index (χ1) is 14.2. The van der Waals surface area contributed by atoms with Gasteiger partial charge in [-0.15, -0.1) is 5.10 Å². The van der Waals surface area contributed by atoms with Crippen molar-refractivity contribution in [2.45, 2.75) is 19.9 Å². The highest BCUT2D eigenvalue weighted by Crippen LogP contribution is 2.34. The highest BCUT2D eigenvalue weighted by atomic mass is 35.5. The molecule has 0 aromatic carbocycles. The molecule has 5 rings (SSSR count). The van der Waals surface area contributed by atoms with Gasteiger partial charge < -0.3 is 14.8 Å². The monoisotopic (exact) mass is 412 g/mol. The SMILES string of the molecule is COc1ncccc1-n1nc2c(c1C)Nc1ncc3c(Cl)nn(c3n1)CCCO2. The first-order valence-electron chi connectivity index (χ1n) is 9.03. The van der Waals surface area contributed by atoms with Gasteiger partial charge in [-0.25, -0.2) is 19.3 Å². The molecule has 0 fully saturated rings. The molecular formula is C18H17ClN8O2. The molecule has 4 aromatic rings. The van der Waals surface area contributed by atoms with E-state index in [1.165, 1.54) is 0 Å². The molecule has 0 aliphatic carbocycles. The van der Waals surface area contributed by atoms with Crippen LogP contribution in [0.4, 0.5) is 11.6 Å². The summed E-state index contributed by atoms with van der Waals surface area (Å²) in [5.41, 5.74) is 2.86. The zero-order chi connectivity index (χ0) is 20.0. The summed E-state index contributed by atoms with van der Waals surface area (Å²) in [5, 5.41) is 13.3. The van der Waals surface area contributed by atoms with Crippen molar-refractivity contribution in [3.05, 3.63) is 35.4 Å². The Kier molecular flexibility index (Phi) is 4.20. The molecule has 0 unspecified atom stereocenters. The standard InChI is InChI=1S/C18H17ClN8O2/c1-10-13-17(25-27(10)12-5-3-6-20-16(12)28-2)29-8-4-7-26-15-11(14(19)24-26)9-21-18(22-13)23-15/h3,5-6,9H,4,7-8H2,1-2H3,(H,21,22,23). The van der Waals surface area contributed by atoms with Gasteiger partial charge >= 0.3 is 0 Å². The second-order valence-corrected chi connectivity index (χ2v) is 6.84. The zero-order valence-corrected chi connectivity index (χ0v) is 16.5. The lowest BCUT2D eigenvalue weighted by Gasteiger charge is -2.09. The number of anilines is 2. The maximum Gasteiger partial charge on any atom is 0.257 e. The van der Waals surface area contributed by atoms with Gasteiger partial charge in [0.15, 0.2) is 10.8 Å². The van der Waals surface area contributed by atoms with Gasteiger partial charge in [0.05, 0.1) is 24.8 Å². The van der Waals surface area contributed by atoms with Crippen LogP contribution in [-0.4, -0.2) is 48.2 Å². The van der Waals surface area contributed by atoms with Crippen LogP contribution >= 0.6 is 11.6 Å². The van der Waals surface area contributed by atoms with E-state index in [-0.39, 0.29) is 0 Å². The number of hydrogen-bond acceptors (Lipinski definition) is 8. The molecule has 148 valence electrons. The average Bonchev–Trinajstić information content (AvgIpc) is 3.21. The van der Waals surface area contributed by atoms with Gasteiger partial charge in [-0.05, 0) is 19.1 Å². The van der Waals surface area contributed by atoms with E-state index in [2.05, 4.69) is 30.5 Å². The van der Waals surface area contributed by atoms with Crippen molar-refractivity contribution in [1.29, 1.82) is 0 Å². The second-order valence-electron chi connectivity index (χ2n) is 6.48. The van der Waals surface area contributed by atoms with Crippen LogP contribution in [0, 0.1) is 6.92 Å². The molecule has 0 amide bonds. The van der Waals surface area contributed by atoms with E-state index >= 15 is 0 Å². The minimum atomic E-state index is 0.387. The van der Waals surface area contributed by atoms with Crippen LogP contribution in [-0.2, 0) is 6.54 Å². The molecule has 1 aliphatic rings. The van der Waals surface area contributed by atoms with Crippen molar-refractivity contribution >= 4 is 34.3 Å². The summed E-state index contributed by atoms with van der Waals surface area (Å²) in [4.78, 5) is 13.2. The Labute approximate surface area is 170 Å². The van der Waals surface area contributed by atoms with Gasteiger partial charge in [-0.2, -0.15) is 10.1 Å². The molecule has 1 N–H and O–H groups in total. The Morgan fingerprint density at radius 2 is 2.17 bits per heavy atom. The Hall–Kier alpha value is -3.40. The Bertz CT molecular complexity index is 1220. The molecule has 11 heteroatoms. The van der Waals surface area contributed by atoms with Crippen molar-refractivity contribution < 1.29 is 9.47 Å². The van der Waals surface area contributed by atoms with E-state index in [4.69, 9.17) is 21.1 Å². The highest BCUT2D eigenvalue weighted by Gasteiger charge is 2.22. The van der Waals surface area contributed by atoms with Crippen molar-refractivity contribution in [2.24, 2.45) is 0 Å². The summed E-state index contributed by atoms with van der Waals surface area (Å²) in [5.74, 6) is 1.33. The van der Waals surface area contributed by atoms with Crippen LogP contribution in [0.15, 0.2) is 24.5 Å². The van der Waals surface area contributed by atoms with E-state index in [1.807, 2.05) is 19.1 Å². The molecule has 0 spiro atoms. The number of ether oxygens (including phenoxy) is 2. The number of aryl methyl sites for hydroxylation is 1. The average molecular weight is 413 g/mol. The highest BCUT2D eigenvalue weighted by molar-refractivity contribution is 6.34. The van der Waals surface area contributed by atoms with E-state index in [1.54, 1.807) is 28.9 Å². The number of methoxy groups -OCH3 is 1. The van der Waals surface area contributed by atoms with E-state index in [0.29, 0.717) is 64.8 Å². The topological polar surface area (TPSA) is 105 Å². The second kappa shape index (κ2) is 6.89. The van der Waals surface area contributed by atoms with Crippen molar-refractivity contribution in [1.82, 2.24) is 34.5 Å². The molecule has 4 aromatic heterocycles. The molecule has 0 radical (unpaired) electrons. The smallest absolute Gasteiger partial charge is 0.257 e. The van der Waals surface area contributed by atoms with Gasteiger partial charge in [-0.3, -0.25) is 0 Å². The summed E-state index contributed by atoms with van der Waals surface area (Å²) in [6, 6.07) is 3.71. The molecule has 29 heavy (non-hydrogen) atoms. The number of fused-ring (bicyclic) bond motifs is 2. The minimum absolute atomic E-state index is 0.387. The van der Waals surface area contributed by atoms with Crippen LogP contribution in [0.2, 0.25) is 5.15 Å². The molecule has 1 aliphatic heterocycles. The normalized spacial score (nSPS) is 13.5. The van der Waals surface area contributed by atoms with Crippen molar-refractivity contribution in [3.8, 4) is 17.4 Å². The molecule has 0 atom stereocenters. The number of nitrogens with one attached hydrogen (secondary N) is 1. The molecule has 2 bridgehead atoms. The first-order valence-corrected chi connectivity index (χ1v) is 9.41. The molecule has 0 saturated heterocycles. The number of rotatable bonds is 2. The fourth-order valence-corrected chi connectivity index (χ4v) is 3.51. The molecule has 10 nitrogen and oxygen atoms in total. The van der Waals surface area contributed by atoms with Crippen LogP contribution in [0.25, 0.3) is 16.7 Å². The molecule has 0 saturated carbocycles. The predicted molar refractivity (Wildman–Crippen MR) is 106 cm³/mol. The van der Waals surface area contributed by atoms with Gasteiger partial charge in [0.25, 0.3) is 5.88 Å². The summed E-state index contributed by atoms with van der Waals surface area (Å²) in [7, 11) is 1.57. The minimum Gasteiger partial charge on any atom is -0.479 e. The third-order valence-electron chi connectivity index (χ3n) is 4.69. The molecular weight excluding hydrogens is 396 g/mol. The lowest BCUT2D eigenvalue weighted by Crippen LogP contribution is -2.07. The quantitative estimate of drug-likeness (QED) is 0.535. The van der Waals surface area contributed by atoms with E-state index in [9.17, 15) is 0 Å². The lowest BCUT2D eigenvalue weighted by atomic mass is 10.3. The fraction of sp³-hybridized carbons (Fsp3) is 0.278. The van der Waals surface area contributed by atoms with Crippen LogP contribution in [0.1, 0.15) is 12.1 Å². The van der Waals surface area contributed by atoms with Crippen LogP contribution in [0.5, 0.6) is 11.8 Å². The first kappa shape index (κ1) is 17.7. The number of hydrogen-bond donors (Lipinski definition) is 1. The maximum atomic E-state index is 6.21. The lowest BCUT2D eigenvalue weighted by molar-refractivity contribution is 0.288. The third-order valence-corrected chi connectivity index (χ3v) is 4.97. The largest absolute Gasteiger partial charge is 0.479 e. The third kappa shape index (κ3) is 2.92. The number of aromatic nitrogens is 7. The Balaban J connectivity index is 1.64. The van der Waals surface area contributed by atoms with Crippen molar-refractivity contribution in [3.63, 3.8) is 0 Å². The van der Waals surface area contributed by atoms with E-state index in [0.717, 1.165) is 5.69 Å². The van der Waals surface area contributed by atoms with Crippen LogP contribution in [0.3, 0.4) is 0 Å². The summed E-state index contributed by atoms with van der Waals surface area (Å²) in [6.07, 6.45) is 4.05. The van der Waals surface area contributed by atoms with Crippen molar-refractivity contribution in [2.75, 3.05) is 19.0 Å².